The predicted molar refractivity (Wildman–Crippen MR) is 75.1 cm³/mol. The van der Waals surface area contributed by atoms with Gasteiger partial charge in [0.1, 0.15) is 5.82 Å². The molecule has 0 bridgehead atoms. The van der Waals surface area contributed by atoms with E-state index in [1.54, 1.807) is 18.2 Å². The molecule has 1 unspecified atom stereocenters. The van der Waals surface area contributed by atoms with Crippen molar-refractivity contribution in [1.82, 2.24) is 4.90 Å². The van der Waals surface area contributed by atoms with Crippen LogP contribution >= 0.6 is 0 Å². The number of benzene rings is 2. The fourth-order valence-electron chi connectivity index (χ4n) is 2.98. The first-order chi connectivity index (χ1) is 10.1. The van der Waals surface area contributed by atoms with Gasteiger partial charge in [-0.15, -0.1) is 0 Å². The molecule has 0 spiro atoms. The number of likely N-dealkylation sites (tertiary alicyclic amines) is 1. The van der Waals surface area contributed by atoms with Gasteiger partial charge >= 0.3 is 0 Å². The van der Waals surface area contributed by atoms with Crippen LogP contribution in [0, 0.1) is 17.5 Å². The molecule has 3 rings (SSSR count). The van der Waals surface area contributed by atoms with Gasteiger partial charge in [-0.05, 0) is 54.8 Å². The Bertz CT molecular complexity index is 642. The van der Waals surface area contributed by atoms with E-state index >= 15 is 0 Å². The average Bonchev–Trinajstić information content (AvgIpc) is 2.91. The minimum atomic E-state index is -0.832. The van der Waals surface area contributed by atoms with E-state index in [9.17, 15) is 13.2 Å². The van der Waals surface area contributed by atoms with Crippen LogP contribution in [0.5, 0.6) is 0 Å². The van der Waals surface area contributed by atoms with Crippen molar-refractivity contribution in [2.45, 2.75) is 25.4 Å². The smallest absolute Gasteiger partial charge is 0.159 e. The van der Waals surface area contributed by atoms with Gasteiger partial charge in [-0.25, -0.2) is 13.2 Å². The molecule has 1 aliphatic rings. The third kappa shape index (κ3) is 3.10. The normalized spacial score (nSPS) is 19.1. The minimum absolute atomic E-state index is 0.133. The van der Waals surface area contributed by atoms with Gasteiger partial charge in [-0.2, -0.15) is 0 Å². The molecule has 21 heavy (non-hydrogen) atoms. The highest BCUT2D eigenvalue weighted by Gasteiger charge is 2.26. The second kappa shape index (κ2) is 5.90. The van der Waals surface area contributed by atoms with Crippen LogP contribution < -0.4 is 0 Å². The molecule has 1 fully saturated rings. The summed E-state index contributed by atoms with van der Waals surface area (Å²) in [5.41, 5.74) is 1.67. The standard InChI is InChI=1S/C17H16F3N/c18-14-4-1-3-13(10-14)17-5-2-8-21(17)11-12-6-7-15(19)16(20)9-12/h1,3-4,6-7,9-10,17H,2,5,8,11H2. The average molecular weight is 291 g/mol. The third-order valence-electron chi connectivity index (χ3n) is 3.97. The molecule has 110 valence electrons. The lowest BCUT2D eigenvalue weighted by Crippen LogP contribution is -2.23. The Labute approximate surface area is 122 Å². The Morgan fingerprint density at radius 3 is 2.62 bits per heavy atom. The van der Waals surface area contributed by atoms with Crippen molar-refractivity contribution in [3.05, 3.63) is 71.0 Å². The summed E-state index contributed by atoms with van der Waals surface area (Å²) in [6.45, 7) is 1.42. The molecule has 2 aromatic rings. The molecule has 1 aliphatic heterocycles. The first-order valence-corrected chi connectivity index (χ1v) is 7.07. The molecular formula is C17H16F3N. The van der Waals surface area contributed by atoms with Gasteiger partial charge < -0.3 is 0 Å². The Kier molecular flexibility index (Phi) is 3.97. The van der Waals surface area contributed by atoms with Crippen molar-refractivity contribution in [3.63, 3.8) is 0 Å². The molecule has 0 aliphatic carbocycles. The Balaban J connectivity index is 1.79. The van der Waals surface area contributed by atoms with E-state index in [-0.39, 0.29) is 11.9 Å². The van der Waals surface area contributed by atoms with Crippen LogP contribution in [-0.4, -0.2) is 11.4 Å². The molecule has 1 heterocycles. The van der Waals surface area contributed by atoms with Crippen molar-refractivity contribution >= 4 is 0 Å². The molecule has 0 saturated carbocycles. The molecule has 0 radical (unpaired) electrons. The van der Waals surface area contributed by atoms with Gasteiger partial charge in [0.25, 0.3) is 0 Å². The number of hydrogen-bond acceptors (Lipinski definition) is 1. The monoisotopic (exact) mass is 291 g/mol. The maximum Gasteiger partial charge on any atom is 0.159 e. The fourth-order valence-corrected chi connectivity index (χ4v) is 2.98. The predicted octanol–water partition coefficient (Wildman–Crippen LogP) is 4.44. The molecule has 1 nitrogen and oxygen atoms in total. The highest BCUT2D eigenvalue weighted by molar-refractivity contribution is 5.23. The van der Waals surface area contributed by atoms with Crippen molar-refractivity contribution in [3.8, 4) is 0 Å². The molecule has 0 amide bonds. The van der Waals surface area contributed by atoms with Crippen LogP contribution in [0.1, 0.15) is 30.0 Å². The van der Waals surface area contributed by atoms with Gasteiger partial charge in [0.15, 0.2) is 11.6 Å². The summed E-state index contributed by atoms with van der Waals surface area (Å²) in [6.07, 6.45) is 1.97. The van der Waals surface area contributed by atoms with Crippen LogP contribution in [0.25, 0.3) is 0 Å². The van der Waals surface area contributed by atoms with E-state index in [0.29, 0.717) is 6.54 Å². The number of halogens is 3. The van der Waals surface area contributed by atoms with Crippen LogP contribution in [0.4, 0.5) is 13.2 Å². The summed E-state index contributed by atoms with van der Waals surface area (Å²) in [6, 6.07) is 10.7. The third-order valence-corrected chi connectivity index (χ3v) is 3.97. The number of rotatable bonds is 3. The zero-order valence-corrected chi connectivity index (χ0v) is 11.5. The summed E-state index contributed by atoms with van der Waals surface area (Å²) in [5.74, 6) is -1.90. The first kappa shape index (κ1) is 14.1. The molecular weight excluding hydrogens is 275 g/mol. The van der Waals surface area contributed by atoms with E-state index in [1.165, 1.54) is 12.1 Å². The topological polar surface area (TPSA) is 3.24 Å². The largest absolute Gasteiger partial charge is 0.292 e. The quantitative estimate of drug-likeness (QED) is 0.808. The van der Waals surface area contributed by atoms with Gasteiger partial charge in [0.2, 0.25) is 0 Å². The number of hydrogen-bond donors (Lipinski definition) is 0. The lowest BCUT2D eigenvalue weighted by molar-refractivity contribution is 0.247. The summed E-state index contributed by atoms with van der Waals surface area (Å²) in [5, 5.41) is 0. The van der Waals surface area contributed by atoms with Crippen LogP contribution in [-0.2, 0) is 6.54 Å². The van der Waals surface area contributed by atoms with E-state index in [2.05, 4.69) is 4.90 Å². The fraction of sp³-hybridized carbons (Fsp3) is 0.294. The zero-order chi connectivity index (χ0) is 14.8. The number of nitrogens with zero attached hydrogens (tertiary/aromatic N) is 1. The van der Waals surface area contributed by atoms with Crippen molar-refractivity contribution in [1.29, 1.82) is 0 Å². The van der Waals surface area contributed by atoms with E-state index in [1.807, 2.05) is 6.07 Å². The molecule has 1 atom stereocenters. The lowest BCUT2D eigenvalue weighted by Gasteiger charge is -2.25. The maximum atomic E-state index is 13.4. The summed E-state index contributed by atoms with van der Waals surface area (Å²) >= 11 is 0. The summed E-state index contributed by atoms with van der Waals surface area (Å²) in [4.78, 5) is 2.18. The SMILES string of the molecule is Fc1cccc(C2CCCN2Cc2ccc(F)c(F)c2)c1. The lowest BCUT2D eigenvalue weighted by atomic mass is 10.0. The highest BCUT2D eigenvalue weighted by atomic mass is 19.2. The molecule has 1 saturated heterocycles. The van der Waals surface area contributed by atoms with Gasteiger partial charge in [-0.3, -0.25) is 4.90 Å². The second-order valence-electron chi connectivity index (χ2n) is 5.43. The highest BCUT2D eigenvalue weighted by Crippen LogP contribution is 2.33. The van der Waals surface area contributed by atoms with E-state index in [4.69, 9.17) is 0 Å². The van der Waals surface area contributed by atoms with Crippen LogP contribution in [0.15, 0.2) is 42.5 Å². The zero-order valence-electron chi connectivity index (χ0n) is 11.5. The van der Waals surface area contributed by atoms with Crippen molar-refractivity contribution in [2.75, 3.05) is 6.54 Å². The van der Waals surface area contributed by atoms with Gasteiger partial charge in [0, 0.05) is 12.6 Å². The van der Waals surface area contributed by atoms with Crippen LogP contribution in [0.3, 0.4) is 0 Å². The Morgan fingerprint density at radius 1 is 1.00 bits per heavy atom. The Morgan fingerprint density at radius 2 is 1.86 bits per heavy atom. The molecule has 0 aromatic heterocycles. The molecule has 0 N–H and O–H groups in total. The van der Waals surface area contributed by atoms with Crippen molar-refractivity contribution < 1.29 is 13.2 Å². The van der Waals surface area contributed by atoms with E-state index in [0.717, 1.165) is 36.6 Å². The summed E-state index contributed by atoms with van der Waals surface area (Å²) in [7, 11) is 0. The minimum Gasteiger partial charge on any atom is -0.292 e. The Hall–Kier alpha value is -1.81. The van der Waals surface area contributed by atoms with Crippen molar-refractivity contribution in [2.24, 2.45) is 0 Å². The maximum absolute atomic E-state index is 13.4. The second-order valence-corrected chi connectivity index (χ2v) is 5.43. The summed E-state index contributed by atoms with van der Waals surface area (Å²) < 4.78 is 39.6. The van der Waals surface area contributed by atoms with Gasteiger partial charge in [-0.1, -0.05) is 18.2 Å². The van der Waals surface area contributed by atoms with Gasteiger partial charge in [0.05, 0.1) is 0 Å². The first-order valence-electron chi connectivity index (χ1n) is 7.07. The van der Waals surface area contributed by atoms with E-state index < -0.39 is 11.6 Å². The molecule has 2 aromatic carbocycles. The van der Waals surface area contributed by atoms with Crippen LogP contribution in [0.2, 0.25) is 0 Å². The molecule has 4 heteroatoms.